The lowest BCUT2D eigenvalue weighted by molar-refractivity contribution is -0.155. The Balaban J connectivity index is 4.06. The highest BCUT2D eigenvalue weighted by molar-refractivity contribution is 14.1. The van der Waals surface area contributed by atoms with Gasteiger partial charge in [0.1, 0.15) is 5.60 Å². The molecule has 16 heavy (non-hydrogen) atoms. The largest absolute Gasteiger partial charge is 0.460 e. The molecule has 0 aliphatic heterocycles. The second kappa shape index (κ2) is 8.05. The van der Waals surface area contributed by atoms with Crippen molar-refractivity contribution in [2.45, 2.75) is 45.3 Å². The predicted octanol–water partition coefficient (Wildman–Crippen LogP) is 1.04. The van der Waals surface area contributed by atoms with E-state index in [1.54, 1.807) is 0 Å². The number of rotatable bonds is 7. The minimum absolute atomic E-state index is 0.0250. The van der Waals surface area contributed by atoms with Gasteiger partial charge in [0.2, 0.25) is 0 Å². The van der Waals surface area contributed by atoms with Crippen molar-refractivity contribution >= 4 is 42.2 Å². The molecule has 4 nitrogen and oxygen atoms in total. The van der Waals surface area contributed by atoms with Crippen LogP contribution in [-0.4, -0.2) is 35.6 Å². The third-order valence-electron chi connectivity index (χ3n) is 1.78. The summed E-state index contributed by atoms with van der Waals surface area (Å²) in [6, 6.07) is 0.0250. The summed E-state index contributed by atoms with van der Waals surface area (Å²) < 4.78 is 6.17. The van der Waals surface area contributed by atoms with E-state index in [1.807, 2.05) is 20.8 Å². The Kier molecular flexibility index (Phi) is 8.00. The number of ether oxygens (including phenoxy) is 1. The van der Waals surface area contributed by atoms with Crippen molar-refractivity contribution in [3.05, 3.63) is 0 Å². The Morgan fingerprint density at radius 2 is 2.19 bits per heavy atom. The van der Waals surface area contributed by atoms with Gasteiger partial charge in [0.25, 0.3) is 7.41 Å². The van der Waals surface area contributed by atoms with Gasteiger partial charge >= 0.3 is 5.97 Å². The highest BCUT2D eigenvalue weighted by Crippen LogP contribution is 2.10. The monoisotopic (exact) mass is 339 g/mol. The van der Waals surface area contributed by atoms with Gasteiger partial charge in [-0.15, -0.1) is 0 Å². The van der Waals surface area contributed by atoms with Crippen molar-refractivity contribution in [1.29, 1.82) is 0 Å². The van der Waals surface area contributed by atoms with Crippen LogP contribution in [0.15, 0.2) is 0 Å². The number of nitrogens with one attached hydrogen (secondary N) is 1. The first-order chi connectivity index (χ1) is 7.39. The average molecular weight is 339 g/mol. The van der Waals surface area contributed by atoms with Gasteiger partial charge in [-0.25, -0.2) is 0 Å². The van der Waals surface area contributed by atoms with Crippen LogP contribution >= 0.6 is 22.6 Å². The summed E-state index contributed by atoms with van der Waals surface area (Å²) in [7, 11) is 0.282. The van der Waals surface area contributed by atoms with Gasteiger partial charge in [-0.1, -0.05) is 22.6 Å². The molecule has 0 aromatic carbocycles. The second-order valence-corrected chi connectivity index (χ2v) is 5.62. The summed E-state index contributed by atoms with van der Waals surface area (Å²) in [5.74, 6) is -0.222. The number of hydrogen-bond donors (Lipinski definition) is 1. The Hall–Kier alpha value is -0.105. The molecule has 0 unspecified atom stereocenters. The molecule has 0 bridgehead atoms. The molecule has 0 fully saturated rings. The molecule has 0 aromatic rings. The maximum Gasteiger partial charge on any atom is 0.307 e. The van der Waals surface area contributed by atoms with Crippen molar-refractivity contribution in [1.82, 2.24) is 5.23 Å². The molecular formula is C10H19BINO3. The molecule has 0 saturated carbocycles. The fourth-order valence-electron chi connectivity index (χ4n) is 1.21. The van der Waals surface area contributed by atoms with Crippen LogP contribution in [0.5, 0.6) is 0 Å². The smallest absolute Gasteiger partial charge is 0.307 e. The Morgan fingerprint density at radius 1 is 1.56 bits per heavy atom. The summed E-state index contributed by atoms with van der Waals surface area (Å²) in [4.78, 5) is 21.8. The van der Waals surface area contributed by atoms with E-state index in [4.69, 9.17) is 4.74 Å². The van der Waals surface area contributed by atoms with Crippen molar-refractivity contribution in [3.63, 3.8) is 0 Å². The van der Waals surface area contributed by atoms with E-state index < -0.39 is 5.60 Å². The quantitative estimate of drug-likeness (QED) is 0.248. The predicted molar refractivity (Wildman–Crippen MR) is 74.8 cm³/mol. The number of esters is 1. The maximum absolute atomic E-state index is 11.6. The SMILES string of the molecule is CC(C)(C)OC(=O)C[C@H](CCI)NBC=O. The van der Waals surface area contributed by atoms with Crippen molar-refractivity contribution < 1.29 is 14.3 Å². The van der Waals surface area contributed by atoms with Crippen LogP contribution in [0.3, 0.4) is 0 Å². The zero-order valence-corrected chi connectivity index (χ0v) is 12.2. The van der Waals surface area contributed by atoms with E-state index in [0.717, 1.165) is 17.0 Å². The van der Waals surface area contributed by atoms with Crippen molar-refractivity contribution in [2.75, 3.05) is 4.43 Å². The molecule has 0 aromatic heterocycles. The van der Waals surface area contributed by atoms with Gasteiger partial charge in [0.05, 0.1) is 12.6 Å². The van der Waals surface area contributed by atoms with Crippen LogP contribution in [-0.2, 0) is 14.3 Å². The minimum Gasteiger partial charge on any atom is -0.460 e. The fourth-order valence-corrected chi connectivity index (χ4v) is 1.96. The third-order valence-corrected chi connectivity index (χ3v) is 2.40. The first-order valence-corrected chi connectivity index (χ1v) is 6.86. The van der Waals surface area contributed by atoms with E-state index in [9.17, 15) is 9.59 Å². The number of carbonyl (C=O) groups excluding carboxylic acids is 2. The molecule has 0 aliphatic carbocycles. The van der Waals surface area contributed by atoms with E-state index in [-0.39, 0.29) is 19.4 Å². The molecule has 0 saturated heterocycles. The van der Waals surface area contributed by atoms with E-state index >= 15 is 0 Å². The molecule has 0 amide bonds. The molecule has 0 heterocycles. The van der Waals surface area contributed by atoms with Gasteiger partial charge in [-0.3, -0.25) is 4.79 Å². The van der Waals surface area contributed by atoms with Gasteiger partial charge < -0.3 is 14.8 Å². The molecule has 0 rings (SSSR count). The number of carbonyl (C=O) groups is 2. The third kappa shape index (κ3) is 9.14. The van der Waals surface area contributed by atoms with Gasteiger partial charge in [0.15, 0.2) is 0 Å². The van der Waals surface area contributed by atoms with Crippen LogP contribution in [0.25, 0.3) is 0 Å². The minimum atomic E-state index is -0.448. The maximum atomic E-state index is 11.6. The molecule has 0 radical (unpaired) electrons. The Labute approximate surface area is 111 Å². The Morgan fingerprint density at radius 3 is 2.62 bits per heavy atom. The van der Waals surface area contributed by atoms with E-state index in [0.29, 0.717) is 6.42 Å². The zero-order chi connectivity index (χ0) is 12.6. The Bertz CT molecular complexity index is 231. The summed E-state index contributed by atoms with van der Waals surface area (Å²) in [5.41, 5.74) is -0.448. The second-order valence-electron chi connectivity index (χ2n) is 4.54. The topological polar surface area (TPSA) is 55.4 Å². The number of alkyl halides is 1. The van der Waals surface area contributed by atoms with Crippen molar-refractivity contribution in [3.8, 4) is 0 Å². The van der Waals surface area contributed by atoms with E-state index in [2.05, 4.69) is 27.8 Å². The van der Waals surface area contributed by atoms with Crippen molar-refractivity contribution in [2.24, 2.45) is 0 Å². The first-order valence-electron chi connectivity index (χ1n) is 5.34. The summed E-state index contributed by atoms with van der Waals surface area (Å²) in [6.45, 7) is 5.53. The molecule has 0 spiro atoms. The van der Waals surface area contributed by atoms with Crippen LogP contribution in [0.1, 0.15) is 33.6 Å². The lowest BCUT2D eigenvalue weighted by atomic mass is 9.95. The number of halogens is 1. The van der Waals surface area contributed by atoms with Crippen LogP contribution < -0.4 is 5.23 Å². The fraction of sp³-hybridized carbons (Fsp3) is 0.800. The van der Waals surface area contributed by atoms with Gasteiger partial charge in [-0.2, -0.15) is 0 Å². The lowest BCUT2D eigenvalue weighted by Crippen LogP contribution is -2.37. The normalized spacial score (nSPS) is 13.0. The molecule has 0 aliphatic rings. The summed E-state index contributed by atoms with van der Waals surface area (Å²) in [6.07, 6.45) is 1.97. The molecule has 92 valence electrons. The van der Waals surface area contributed by atoms with E-state index in [1.165, 1.54) is 0 Å². The molecular weight excluding hydrogens is 320 g/mol. The molecule has 1 atom stereocenters. The zero-order valence-electron chi connectivity index (χ0n) is 10.1. The average Bonchev–Trinajstić information content (AvgIpc) is 2.11. The van der Waals surface area contributed by atoms with Gasteiger partial charge in [-0.05, 0) is 27.2 Å². The van der Waals surface area contributed by atoms with Crippen LogP contribution in [0, 0.1) is 0 Å². The molecule has 6 heteroatoms. The number of hydrogen-bond acceptors (Lipinski definition) is 4. The van der Waals surface area contributed by atoms with Crippen LogP contribution in [0.2, 0.25) is 0 Å². The lowest BCUT2D eigenvalue weighted by Gasteiger charge is -2.22. The summed E-state index contributed by atoms with van der Waals surface area (Å²) in [5, 5.41) is 3.01. The highest BCUT2D eigenvalue weighted by Gasteiger charge is 2.19. The first kappa shape index (κ1) is 15.9. The van der Waals surface area contributed by atoms with Gasteiger partial charge in [0, 0.05) is 10.5 Å². The standard InChI is InChI=1S/C10H19BINO3/c1-10(2,3)16-9(15)6-8(4-5-12)13-11-7-14/h7-8,11,13H,4-6H2,1-3H3/t8-/m0/s1. The highest BCUT2D eigenvalue weighted by atomic mass is 127. The summed E-state index contributed by atoms with van der Waals surface area (Å²) >= 11 is 2.25. The molecule has 1 N–H and O–H groups in total. The van der Waals surface area contributed by atoms with Crippen LogP contribution in [0.4, 0.5) is 0 Å².